The van der Waals surface area contributed by atoms with E-state index >= 15 is 0 Å². The van der Waals surface area contributed by atoms with Gasteiger partial charge in [-0.2, -0.15) is 0 Å². The van der Waals surface area contributed by atoms with Gasteiger partial charge in [-0.05, 0) is 18.5 Å². The van der Waals surface area contributed by atoms with Crippen LogP contribution in [-0.2, 0) is 6.04 Å². The Balaban J connectivity index is 2.69. The normalized spacial score (nSPS) is 11.0. The van der Waals surface area contributed by atoms with Crippen molar-refractivity contribution in [2.45, 2.75) is 13.0 Å². The van der Waals surface area contributed by atoms with Gasteiger partial charge in [-0.15, -0.1) is 0 Å². The molecule has 0 aliphatic carbocycles. The zero-order valence-corrected chi connectivity index (χ0v) is 7.59. The van der Waals surface area contributed by atoms with E-state index in [9.17, 15) is 0 Å². The van der Waals surface area contributed by atoms with Crippen molar-refractivity contribution in [3.63, 3.8) is 0 Å². The summed E-state index contributed by atoms with van der Waals surface area (Å²) in [4.78, 5) is 8.73. The Morgan fingerprint density at radius 3 is 2.40 bits per heavy atom. The Hall–Kier alpha value is -0.603. The van der Waals surface area contributed by atoms with Crippen molar-refractivity contribution >= 4 is 9.76 Å². The molecule has 1 aromatic carbocycles. The molecule has 0 aromatic heterocycles. The van der Waals surface area contributed by atoms with Crippen LogP contribution in [0.1, 0.15) is 11.1 Å². The zero-order valence-electron chi connectivity index (χ0n) is 6.17. The molecule has 54 valence electrons. The molecule has 10 heavy (non-hydrogen) atoms. The van der Waals surface area contributed by atoms with Gasteiger partial charge in [-0.25, -0.2) is 0 Å². The van der Waals surface area contributed by atoms with Crippen LogP contribution in [0.3, 0.4) is 0 Å². The van der Waals surface area contributed by atoms with Gasteiger partial charge in [0.25, 0.3) is 0 Å². The monoisotopic (exact) mass is 152 g/mol. The molecule has 0 unspecified atom stereocenters. The summed E-state index contributed by atoms with van der Waals surface area (Å²) in [5.74, 6) is 0. The van der Waals surface area contributed by atoms with E-state index in [2.05, 4.69) is 31.2 Å². The number of benzene rings is 1. The summed E-state index contributed by atoms with van der Waals surface area (Å²) in [5, 5.41) is 0. The van der Waals surface area contributed by atoms with Crippen LogP contribution in [0.25, 0.3) is 0 Å². The first-order valence-corrected chi connectivity index (χ1v) is 5.12. The highest BCUT2D eigenvalue weighted by atomic mass is 28.2. The minimum Gasteiger partial charge on any atom is -0.438 e. The molecule has 0 heterocycles. The first-order chi connectivity index (χ1) is 4.83. The third-order valence-electron chi connectivity index (χ3n) is 1.52. The topological polar surface area (TPSA) is 20.2 Å². The zero-order chi connectivity index (χ0) is 7.40. The summed E-state index contributed by atoms with van der Waals surface area (Å²) < 4.78 is 0. The molecule has 0 saturated heterocycles. The molecule has 0 spiro atoms. The first kappa shape index (κ1) is 7.50. The Morgan fingerprint density at radius 1 is 1.30 bits per heavy atom. The Labute approximate surface area is 63.7 Å². The third-order valence-corrected chi connectivity index (χ3v) is 2.32. The Kier molecular flexibility index (Phi) is 2.65. The van der Waals surface area contributed by atoms with Gasteiger partial charge in [0.1, 0.15) is 0 Å². The van der Waals surface area contributed by atoms with E-state index in [1.54, 1.807) is 0 Å². The van der Waals surface area contributed by atoms with E-state index < -0.39 is 9.76 Å². The second kappa shape index (κ2) is 3.54. The molecule has 1 N–H and O–H groups in total. The molecule has 1 rings (SSSR count). The second-order valence-corrected chi connectivity index (χ2v) is 3.41. The Bertz CT molecular complexity index is 193. The van der Waals surface area contributed by atoms with Gasteiger partial charge in [-0.3, -0.25) is 0 Å². The maximum atomic E-state index is 8.73. The van der Waals surface area contributed by atoms with E-state index in [-0.39, 0.29) is 0 Å². The quantitative estimate of drug-likeness (QED) is 0.614. The van der Waals surface area contributed by atoms with Crippen molar-refractivity contribution in [2.75, 3.05) is 0 Å². The van der Waals surface area contributed by atoms with E-state index in [0.717, 1.165) is 6.04 Å². The van der Waals surface area contributed by atoms with Crippen molar-refractivity contribution in [3.05, 3.63) is 35.4 Å². The predicted octanol–water partition coefficient (Wildman–Crippen LogP) is 0.571. The number of rotatable bonds is 2. The average molecular weight is 152 g/mol. The molecule has 0 fully saturated rings. The number of aryl methyl sites for hydroxylation is 1. The molecule has 0 aliphatic rings. The first-order valence-electron chi connectivity index (χ1n) is 3.49. The molecule has 2 heteroatoms. The van der Waals surface area contributed by atoms with Gasteiger partial charge in [0, 0.05) is 0 Å². The third kappa shape index (κ3) is 1.97. The minimum absolute atomic E-state index is 0.797. The Morgan fingerprint density at radius 2 is 1.90 bits per heavy atom. The van der Waals surface area contributed by atoms with Crippen LogP contribution in [0.2, 0.25) is 0 Å². The van der Waals surface area contributed by atoms with E-state index in [4.69, 9.17) is 4.80 Å². The molecule has 0 amide bonds. The molecular formula is C8H12OSi. The molecule has 0 radical (unpaired) electrons. The van der Waals surface area contributed by atoms with Crippen LogP contribution in [0.15, 0.2) is 24.3 Å². The highest BCUT2D eigenvalue weighted by Crippen LogP contribution is 2.02. The SMILES string of the molecule is Cc1ccc(C[SiH2]O)cc1. The molecule has 0 atom stereocenters. The number of hydrogen-bond acceptors (Lipinski definition) is 1. The molecule has 0 bridgehead atoms. The van der Waals surface area contributed by atoms with Gasteiger partial charge < -0.3 is 4.80 Å². The van der Waals surface area contributed by atoms with Gasteiger partial charge in [0.2, 0.25) is 0 Å². The van der Waals surface area contributed by atoms with Gasteiger partial charge in [0.05, 0.1) is 0 Å². The lowest BCUT2D eigenvalue weighted by Gasteiger charge is -1.96. The van der Waals surface area contributed by atoms with E-state index in [0.29, 0.717) is 0 Å². The lowest BCUT2D eigenvalue weighted by molar-refractivity contribution is 0.600. The fourth-order valence-electron chi connectivity index (χ4n) is 0.884. The maximum Gasteiger partial charge on any atom is 0.161 e. The summed E-state index contributed by atoms with van der Waals surface area (Å²) in [6.07, 6.45) is 0. The minimum atomic E-state index is -0.797. The predicted molar refractivity (Wildman–Crippen MR) is 45.6 cm³/mol. The summed E-state index contributed by atoms with van der Waals surface area (Å²) >= 11 is 0. The smallest absolute Gasteiger partial charge is 0.161 e. The summed E-state index contributed by atoms with van der Waals surface area (Å²) in [7, 11) is -0.797. The lowest BCUT2D eigenvalue weighted by atomic mass is 10.2. The molecule has 1 nitrogen and oxygen atoms in total. The van der Waals surface area contributed by atoms with Crippen molar-refractivity contribution in [1.29, 1.82) is 0 Å². The standard InChI is InChI=1S/C8H12OSi/c1-7-2-4-8(5-3-7)6-10-9/h2-5,9H,6,10H2,1H3. The molecular weight excluding hydrogens is 140 g/mol. The fourth-order valence-corrected chi connectivity index (χ4v) is 1.48. The van der Waals surface area contributed by atoms with Crippen molar-refractivity contribution < 1.29 is 4.80 Å². The maximum absolute atomic E-state index is 8.73. The summed E-state index contributed by atoms with van der Waals surface area (Å²) in [6.45, 7) is 2.07. The highest BCUT2D eigenvalue weighted by Gasteiger charge is 1.89. The second-order valence-electron chi connectivity index (χ2n) is 2.46. The van der Waals surface area contributed by atoms with Crippen molar-refractivity contribution in [3.8, 4) is 0 Å². The van der Waals surface area contributed by atoms with E-state index in [1.165, 1.54) is 11.1 Å². The van der Waals surface area contributed by atoms with Crippen molar-refractivity contribution in [1.82, 2.24) is 0 Å². The van der Waals surface area contributed by atoms with Crippen LogP contribution in [-0.4, -0.2) is 14.6 Å². The molecule has 0 aliphatic heterocycles. The van der Waals surface area contributed by atoms with Crippen molar-refractivity contribution in [2.24, 2.45) is 0 Å². The van der Waals surface area contributed by atoms with Crippen LogP contribution < -0.4 is 0 Å². The molecule has 0 saturated carbocycles. The average Bonchev–Trinajstić information content (AvgIpc) is 1.95. The fraction of sp³-hybridized carbons (Fsp3) is 0.250. The van der Waals surface area contributed by atoms with Gasteiger partial charge >= 0.3 is 0 Å². The number of hydrogen-bond donors (Lipinski definition) is 1. The lowest BCUT2D eigenvalue weighted by Crippen LogP contribution is -1.93. The van der Waals surface area contributed by atoms with Crippen LogP contribution in [0.5, 0.6) is 0 Å². The van der Waals surface area contributed by atoms with Crippen LogP contribution in [0, 0.1) is 6.92 Å². The summed E-state index contributed by atoms with van der Waals surface area (Å²) in [5.41, 5.74) is 2.54. The highest BCUT2D eigenvalue weighted by molar-refractivity contribution is 6.24. The van der Waals surface area contributed by atoms with E-state index in [1.807, 2.05) is 0 Å². The largest absolute Gasteiger partial charge is 0.438 e. The van der Waals surface area contributed by atoms with Crippen LogP contribution in [0.4, 0.5) is 0 Å². The molecule has 1 aromatic rings. The van der Waals surface area contributed by atoms with Gasteiger partial charge in [0.15, 0.2) is 9.76 Å². The summed E-state index contributed by atoms with van der Waals surface area (Å²) in [6, 6.07) is 9.23. The van der Waals surface area contributed by atoms with Crippen LogP contribution >= 0.6 is 0 Å². The van der Waals surface area contributed by atoms with Gasteiger partial charge in [-0.1, -0.05) is 29.8 Å².